The van der Waals surface area contributed by atoms with Crippen molar-refractivity contribution in [3.05, 3.63) is 34.9 Å². The number of halogens is 1. The molecule has 23 heavy (non-hydrogen) atoms. The van der Waals surface area contributed by atoms with Gasteiger partial charge in [-0.15, -0.1) is 0 Å². The van der Waals surface area contributed by atoms with E-state index < -0.39 is 0 Å². The van der Waals surface area contributed by atoms with Crippen LogP contribution in [0.15, 0.2) is 24.3 Å². The molecule has 3 atom stereocenters. The Labute approximate surface area is 142 Å². The number of carbonyl (C=O) groups excluding carboxylic acids is 2. The van der Waals surface area contributed by atoms with Crippen LogP contribution in [0.3, 0.4) is 0 Å². The molecule has 1 saturated heterocycles. The number of carbonyl (C=O) groups is 2. The minimum Gasteiger partial charge on any atom is -0.345 e. The van der Waals surface area contributed by atoms with Gasteiger partial charge in [-0.05, 0) is 42.4 Å². The molecular weight excluding hydrogens is 312 g/mol. The number of likely N-dealkylation sites (N-methyl/N-ethyl adjacent to an activating group) is 1. The Bertz CT molecular complexity index is 619. The first-order valence-electron chi connectivity index (χ1n) is 8.18. The number of piperidine rings is 1. The third-order valence-electron chi connectivity index (χ3n) is 5.37. The summed E-state index contributed by atoms with van der Waals surface area (Å²) in [5.74, 6) is 1.32. The molecule has 4 nitrogen and oxygen atoms in total. The minimum atomic E-state index is 0.121. The van der Waals surface area contributed by atoms with Gasteiger partial charge in [-0.1, -0.05) is 23.7 Å². The quantitative estimate of drug-likeness (QED) is 0.852. The first-order chi connectivity index (χ1) is 10.9. The Morgan fingerprint density at radius 3 is 2.83 bits per heavy atom. The van der Waals surface area contributed by atoms with Crippen LogP contribution in [-0.4, -0.2) is 48.3 Å². The molecule has 0 radical (unpaired) electrons. The Balaban J connectivity index is 1.61. The summed E-state index contributed by atoms with van der Waals surface area (Å²) in [7, 11) is 3.76. The van der Waals surface area contributed by atoms with Crippen molar-refractivity contribution in [1.82, 2.24) is 9.80 Å². The molecular formula is C18H23ClN2O2. The van der Waals surface area contributed by atoms with Crippen molar-refractivity contribution in [1.29, 1.82) is 0 Å². The molecule has 5 heteroatoms. The van der Waals surface area contributed by atoms with Crippen molar-refractivity contribution in [3.8, 4) is 0 Å². The summed E-state index contributed by atoms with van der Waals surface area (Å²) in [6.45, 7) is 0.830. The second-order valence-electron chi connectivity index (χ2n) is 6.94. The van der Waals surface area contributed by atoms with Crippen LogP contribution in [0.2, 0.25) is 5.02 Å². The van der Waals surface area contributed by atoms with E-state index in [-0.39, 0.29) is 17.9 Å². The van der Waals surface area contributed by atoms with Crippen molar-refractivity contribution >= 4 is 23.4 Å². The number of hydrogen-bond acceptors (Lipinski definition) is 2. The zero-order valence-corrected chi connectivity index (χ0v) is 14.4. The highest BCUT2D eigenvalue weighted by atomic mass is 35.5. The summed E-state index contributed by atoms with van der Waals surface area (Å²) in [5, 5.41) is 0.659. The molecule has 2 fully saturated rings. The van der Waals surface area contributed by atoms with E-state index in [2.05, 4.69) is 0 Å². The van der Waals surface area contributed by atoms with Gasteiger partial charge in [-0.25, -0.2) is 0 Å². The van der Waals surface area contributed by atoms with E-state index in [1.807, 2.05) is 48.2 Å². The van der Waals surface area contributed by atoms with E-state index in [9.17, 15) is 9.59 Å². The first-order valence-corrected chi connectivity index (χ1v) is 8.56. The second-order valence-corrected chi connectivity index (χ2v) is 7.37. The Hall–Kier alpha value is -1.55. The Kier molecular flexibility index (Phi) is 4.62. The normalized spacial score (nSPS) is 27.0. The highest BCUT2D eigenvalue weighted by molar-refractivity contribution is 6.30. The van der Waals surface area contributed by atoms with Gasteiger partial charge >= 0.3 is 0 Å². The van der Waals surface area contributed by atoms with E-state index in [1.165, 1.54) is 0 Å². The maximum Gasteiger partial charge on any atom is 0.226 e. The highest BCUT2D eigenvalue weighted by Crippen LogP contribution is 2.40. The third-order valence-corrected chi connectivity index (χ3v) is 5.61. The number of amides is 2. The van der Waals surface area contributed by atoms with Gasteiger partial charge in [-0.3, -0.25) is 9.59 Å². The Morgan fingerprint density at radius 1 is 1.35 bits per heavy atom. The van der Waals surface area contributed by atoms with Crippen molar-refractivity contribution < 1.29 is 9.59 Å². The monoisotopic (exact) mass is 334 g/mol. The van der Waals surface area contributed by atoms with Crippen LogP contribution < -0.4 is 0 Å². The van der Waals surface area contributed by atoms with Crippen molar-refractivity contribution in [2.24, 2.45) is 11.8 Å². The van der Waals surface area contributed by atoms with Crippen molar-refractivity contribution in [2.75, 3.05) is 20.6 Å². The van der Waals surface area contributed by atoms with E-state index in [0.29, 0.717) is 29.7 Å². The molecule has 1 aromatic rings. The summed E-state index contributed by atoms with van der Waals surface area (Å²) >= 11 is 5.98. The number of nitrogens with zero attached hydrogens (tertiary/aromatic N) is 2. The first kappa shape index (κ1) is 16.3. The number of likely N-dealkylation sites (tertiary alicyclic amines) is 1. The maximum absolute atomic E-state index is 12.6. The van der Waals surface area contributed by atoms with Crippen LogP contribution >= 0.6 is 11.6 Å². The van der Waals surface area contributed by atoms with Crippen LogP contribution in [-0.2, 0) is 16.0 Å². The third kappa shape index (κ3) is 3.52. The van der Waals surface area contributed by atoms with Gasteiger partial charge in [0, 0.05) is 38.1 Å². The van der Waals surface area contributed by atoms with Gasteiger partial charge < -0.3 is 9.80 Å². The predicted molar refractivity (Wildman–Crippen MR) is 90.2 cm³/mol. The SMILES string of the molecule is CN1C[C@@H]2C[C@H](N(C)C(=O)Cc3cccc(Cl)c3)C[C@@H]2CC1=O. The van der Waals surface area contributed by atoms with Gasteiger partial charge in [0.2, 0.25) is 11.8 Å². The fourth-order valence-corrected chi connectivity index (χ4v) is 4.17. The summed E-state index contributed by atoms with van der Waals surface area (Å²) in [4.78, 5) is 28.1. The highest BCUT2D eigenvalue weighted by Gasteiger charge is 2.42. The van der Waals surface area contributed by atoms with Gasteiger partial charge in [0.05, 0.1) is 6.42 Å². The number of hydrogen-bond donors (Lipinski definition) is 0. The van der Waals surface area contributed by atoms with Crippen LogP contribution in [0.5, 0.6) is 0 Å². The van der Waals surface area contributed by atoms with E-state index >= 15 is 0 Å². The lowest BCUT2D eigenvalue weighted by Gasteiger charge is -2.31. The molecule has 0 aromatic heterocycles. The summed E-state index contributed by atoms with van der Waals surface area (Å²) in [5.41, 5.74) is 0.944. The summed E-state index contributed by atoms with van der Waals surface area (Å²) in [6.07, 6.45) is 2.96. The molecule has 0 unspecified atom stereocenters. The average molecular weight is 335 g/mol. The van der Waals surface area contributed by atoms with Crippen LogP contribution in [0.4, 0.5) is 0 Å². The van der Waals surface area contributed by atoms with E-state index in [0.717, 1.165) is 24.9 Å². The van der Waals surface area contributed by atoms with Crippen LogP contribution in [0, 0.1) is 11.8 Å². The Morgan fingerprint density at radius 2 is 2.09 bits per heavy atom. The smallest absolute Gasteiger partial charge is 0.226 e. The number of fused-ring (bicyclic) bond motifs is 1. The molecule has 0 spiro atoms. The molecule has 0 N–H and O–H groups in total. The maximum atomic E-state index is 12.6. The molecule has 1 aromatic carbocycles. The molecule has 1 saturated carbocycles. The topological polar surface area (TPSA) is 40.6 Å². The average Bonchev–Trinajstić information content (AvgIpc) is 2.89. The van der Waals surface area contributed by atoms with Gasteiger partial charge in [-0.2, -0.15) is 0 Å². The van der Waals surface area contributed by atoms with Crippen molar-refractivity contribution in [3.63, 3.8) is 0 Å². The molecule has 1 aliphatic carbocycles. The zero-order valence-electron chi connectivity index (χ0n) is 13.7. The van der Waals surface area contributed by atoms with Gasteiger partial charge in [0.15, 0.2) is 0 Å². The lowest BCUT2D eigenvalue weighted by atomic mass is 9.88. The predicted octanol–water partition coefficient (Wildman–Crippen LogP) is 2.60. The zero-order chi connectivity index (χ0) is 16.6. The fourth-order valence-electron chi connectivity index (χ4n) is 3.95. The van der Waals surface area contributed by atoms with Crippen LogP contribution in [0.25, 0.3) is 0 Å². The lowest BCUT2D eigenvalue weighted by Crippen LogP contribution is -2.40. The fraction of sp³-hybridized carbons (Fsp3) is 0.556. The molecule has 124 valence electrons. The molecule has 3 rings (SSSR count). The van der Waals surface area contributed by atoms with Gasteiger partial charge in [0.1, 0.15) is 0 Å². The lowest BCUT2D eigenvalue weighted by molar-refractivity contribution is -0.135. The number of benzene rings is 1. The molecule has 1 aliphatic heterocycles. The van der Waals surface area contributed by atoms with E-state index in [4.69, 9.17) is 11.6 Å². The molecule has 1 heterocycles. The summed E-state index contributed by atoms with van der Waals surface area (Å²) in [6, 6.07) is 7.70. The molecule has 2 amide bonds. The minimum absolute atomic E-state index is 0.121. The molecule has 0 bridgehead atoms. The largest absolute Gasteiger partial charge is 0.345 e. The number of rotatable bonds is 3. The van der Waals surface area contributed by atoms with E-state index in [1.54, 1.807) is 0 Å². The second kappa shape index (κ2) is 6.52. The van der Waals surface area contributed by atoms with Gasteiger partial charge in [0.25, 0.3) is 0 Å². The van der Waals surface area contributed by atoms with Crippen molar-refractivity contribution in [2.45, 2.75) is 31.7 Å². The van der Waals surface area contributed by atoms with Crippen LogP contribution in [0.1, 0.15) is 24.8 Å². The molecule has 2 aliphatic rings. The summed E-state index contributed by atoms with van der Waals surface area (Å²) < 4.78 is 0. The standard InChI is InChI=1S/C18H23ClN2O2/c1-20-11-14-9-16(8-13(14)10-17(20)22)21(2)18(23)7-12-4-3-5-15(19)6-12/h3-6,13-14,16H,7-11H2,1-2H3/t13-,14+,16-/m1/s1.